The van der Waals surface area contributed by atoms with Gasteiger partial charge < -0.3 is 15.7 Å². The molecule has 0 aromatic heterocycles. The van der Waals surface area contributed by atoms with Crippen molar-refractivity contribution in [2.45, 2.75) is 37.3 Å². The van der Waals surface area contributed by atoms with E-state index in [2.05, 4.69) is 0 Å². The van der Waals surface area contributed by atoms with Crippen LogP contribution >= 0.6 is 0 Å². The molecule has 3 N–H and O–H groups in total. The summed E-state index contributed by atoms with van der Waals surface area (Å²) in [6.45, 7) is 1.10. The monoisotopic (exact) mass is 184 g/mol. The van der Waals surface area contributed by atoms with Crippen LogP contribution < -0.4 is 5.73 Å². The highest BCUT2D eigenvalue weighted by Crippen LogP contribution is 2.33. The lowest BCUT2D eigenvalue weighted by molar-refractivity contribution is -0.133. The van der Waals surface area contributed by atoms with Gasteiger partial charge in [-0.1, -0.05) is 0 Å². The van der Waals surface area contributed by atoms with Crippen LogP contribution in [0, 0.1) is 0 Å². The highest BCUT2D eigenvalue weighted by atomic mass is 16.3. The summed E-state index contributed by atoms with van der Waals surface area (Å²) in [6.07, 6.45) is 3.17. The highest BCUT2D eigenvalue weighted by Gasteiger charge is 2.39. The van der Waals surface area contributed by atoms with Crippen molar-refractivity contribution in [3.8, 4) is 0 Å². The maximum absolute atomic E-state index is 11.3. The summed E-state index contributed by atoms with van der Waals surface area (Å²) in [5, 5.41) is 9.84. The number of rotatable bonds is 2. The van der Waals surface area contributed by atoms with Gasteiger partial charge in [0, 0.05) is 25.6 Å². The van der Waals surface area contributed by atoms with E-state index in [0.717, 1.165) is 19.3 Å². The molecule has 0 aromatic rings. The number of hydrogen-bond donors (Lipinski definition) is 2. The summed E-state index contributed by atoms with van der Waals surface area (Å²) >= 11 is 0. The predicted molar refractivity (Wildman–Crippen MR) is 48.0 cm³/mol. The van der Waals surface area contributed by atoms with Gasteiger partial charge in [0.05, 0.1) is 5.60 Å². The Hall–Kier alpha value is -0.610. The SMILES string of the molecule is NC1CC(=O)N(CC2(O)CCC2)C1. The zero-order valence-corrected chi connectivity index (χ0v) is 7.70. The second-order valence-electron chi connectivity index (χ2n) is 4.32. The van der Waals surface area contributed by atoms with Crippen LogP contribution in [-0.4, -0.2) is 40.6 Å². The molecule has 0 aromatic carbocycles. The fourth-order valence-electron chi connectivity index (χ4n) is 2.05. The molecule has 74 valence electrons. The minimum absolute atomic E-state index is 0.0313. The average molecular weight is 184 g/mol. The van der Waals surface area contributed by atoms with Crippen LogP contribution in [0.1, 0.15) is 25.7 Å². The Morgan fingerprint density at radius 2 is 2.31 bits per heavy atom. The summed E-state index contributed by atoms with van der Waals surface area (Å²) in [5.41, 5.74) is 5.05. The molecule has 0 radical (unpaired) electrons. The number of β-amino-alcohol motifs (C(OH)–C–C–N with tert-alkyl or cyclic N) is 1. The summed E-state index contributed by atoms with van der Waals surface area (Å²) in [6, 6.07) is -0.0313. The van der Waals surface area contributed by atoms with Crippen molar-refractivity contribution >= 4 is 5.91 Å². The third kappa shape index (κ3) is 1.69. The lowest BCUT2D eigenvalue weighted by atomic mass is 9.80. The first kappa shape index (κ1) is 8.97. The molecule has 1 atom stereocenters. The number of carbonyl (C=O) groups excluding carboxylic acids is 1. The average Bonchev–Trinajstić information content (AvgIpc) is 2.27. The second-order valence-corrected chi connectivity index (χ2v) is 4.32. The minimum atomic E-state index is -0.597. The number of amides is 1. The smallest absolute Gasteiger partial charge is 0.224 e. The molecule has 0 spiro atoms. The molecule has 2 rings (SSSR count). The molecule has 1 unspecified atom stereocenters. The second kappa shape index (κ2) is 2.96. The highest BCUT2D eigenvalue weighted by molar-refractivity contribution is 5.79. The molecule has 1 heterocycles. The Bertz CT molecular complexity index is 226. The zero-order chi connectivity index (χ0) is 9.47. The van der Waals surface area contributed by atoms with Crippen molar-refractivity contribution in [1.82, 2.24) is 4.90 Å². The molecule has 2 aliphatic rings. The first-order chi connectivity index (χ1) is 6.09. The van der Waals surface area contributed by atoms with Crippen molar-refractivity contribution in [3.63, 3.8) is 0 Å². The number of nitrogens with zero attached hydrogens (tertiary/aromatic N) is 1. The van der Waals surface area contributed by atoms with Crippen LogP contribution in [0.2, 0.25) is 0 Å². The fraction of sp³-hybridized carbons (Fsp3) is 0.889. The Morgan fingerprint density at radius 1 is 1.62 bits per heavy atom. The molecular weight excluding hydrogens is 168 g/mol. The first-order valence-corrected chi connectivity index (χ1v) is 4.85. The summed E-state index contributed by atoms with van der Waals surface area (Å²) < 4.78 is 0. The van der Waals surface area contributed by atoms with Gasteiger partial charge in [-0.3, -0.25) is 4.79 Å². The number of hydrogen-bond acceptors (Lipinski definition) is 3. The Kier molecular flexibility index (Phi) is 2.04. The molecule has 4 heteroatoms. The predicted octanol–water partition coefficient (Wildman–Crippen LogP) is -0.539. The van der Waals surface area contributed by atoms with Crippen LogP contribution in [-0.2, 0) is 4.79 Å². The van der Waals surface area contributed by atoms with E-state index >= 15 is 0 Å². The van der Waals surface area contributed by atoms with Crippen molar-refractivity contribution in [1.29, 1.82) is 0 Å². The summed E-state index contributed by atoms with van der Waals surface area (Å²) in [5.74, 6) is 0.0906. The van der Waals surface area contributed by atoms with E-state index in [1.165, 1.54) is 0 Å². The van der Waals surface area contributed by atoms with Crippen molar-refractivity contribution in [2.75, 3.05) is 13.1 Å². The molecule has 1 aliphatic heterocycles. The molecule has 1 saturated heterocycles. The first-order valence-electron chi connectivity index (χ1n) is 4.85. The molecule has 1 saturated carbocycles. The van der Waals surface area contributed by atoms with Gasteiger partial charge in [0.1, 0.15) is 0 Å². The van der Waals surface area contributed by atoms with Gasteiger partial charge in [0.15, 0.2) is 0 Å². The molecule has 4 nitrogen and oxygen atoms in total. The van der Waals surface area contributed by atoms with Gasteiger partial charge in [-0.25, -0.2) is 0 Å². The van der Waals surface area contributed by atoms with Gasteiger partial charge in [-0.05, 0) is 19.3 Å². The van der Waals surface area contributed by atoms with Crippen LogP contribution in [0.5, 0.6) is 0 Å². The third-order valence-electron chi connectivity index (χ3n) is 3.01. The third-order valence-corrected chi connectivity index (χ3v) is 3.01. The van der Waals surface area contributed by atoms with Gasteiger partial charge in [0.2, 0.25) is 5.91 Å². The number of nitrogens with two attached hydrogens (primary N) is 1. The Morgan fingerprint density at radius 3 is 2.69 bits per heavy atom. The van der Waals surface area contributed by atoms with E-state index in [1.54, 1.807) is 4.90 Å². The van der Waals surface area contributed by atoms with Crippen LogP contribution in [0.4, 0.5) is 0 Å². The molecule has 1 amide bonds. The summed E-state index contributed by atoms with van der Waals surface area (Å²) in [4.78, 5) is 13.0. The molecule has 0 bridgehead atoms. The molecule has 13 heavy (non-hydrogen) atoms. The normalized spacial score (nSPS) is 32.0. The van der Waals surface area contributed by atoms with Gasteiger partial charge in [-0.15, -0.1) is 0 Å². The largest absolute Gasteiger partial charge is 0.388 e. The van der Waals surface area contributed by atoms with Crippen LogP contribution in [0.3, 0.4) is 0 Å². The minimum Gasteiger partial charge on any atom is -0.388 e. The van der Waals surface area contributed by atoms with Gasteiger partial charge >= 0.3 is 0 Å². The topological polar surface area (TPSA) is 66.6 Å². The maximum atomic E-state index is 11.3. The van der Waals surface area contributed by atoms with E-state index in [1.807, 2.05) is 0 Å². The lowest BCUT2D eigenvalue weighted by Crippen LogP contribution is -2.48. The van der Waals surface area contributed by atoms with E-state index < -0.39 is 5.60 Å². The lowest BCUT2D eigenvalue weighted by Gasteiger charge is -2.39. The molecule has 1 aliphatic carbocycles. The number of carbonyl (C=O) groups is 1. The van der Waals surface area contributed by atoms with Gasteiger partial charge in [0.25, 0.3) is 0 Å². The Balaban J connectivity index is 1.91. The molecule has 2 fully saturated rings. The van der Waals surface area contributed by atoms with Crippen molar-refractivity contribution in [3.05, 3.63) is 0 Å². The van der Waals surface area contributed by atoms with E-state index in [4.69, 9.17) is 5.73 Å². The number of likely N-dealkylation sites (tertiary alicyclic amines) is 1. The number of aliphatic hydroxyl groups is 1. The fourth-order valence-corrected chi connectivity index (χ4v) is 2.05. The van der Waals surface area contributed by atoms with Crippen molar-refractivity contribution in [2.24, 2.45) is 5.73 Å². The standard InChI is InChI=1S/C9H16N2O2/c10-7-4-8(12)11(5-7)6-9(13)2-1-3-9/h7,13H,1-6,10H2. The quantitative estimate of drug-likeness (QED) is 0.605. The zero-order valence-electron chi connectivity index (χ0n) is 7.70. The van der Waals surface area contributed by atoms with Crippen molar-refractivity contribution < 1.29 is 9.90 Å². The van der Waals surface area contributed by atoms with Crippen LogP contribution in [0.25, 0.3) is 0 Å². The van der Waals surface area contributed by atoms with Crippen LogP contribution in [0.15, 0.2) is 0 Å². The van der Waals surface area contributed by atoms with E-state index in [9.17, 15) is 9.90 Å². The van der Waals surface area contributed by atoms with E-state index in [0.29, 0.717) is 19.5 Å². The molecular formula is C9H16N2O2. The van der Waals surface area contributed by atoms with Gasteiger partial charge in [-0.2, -0.15) is 0 Å². The summed E-state index contributed by atoms with van der Waals surface area (Å²) in [7, 11) is 0. The Labute approximate surface area is 77.7 Å². The van der Waals surface area contributed by atoms with E-state index in [-0.39, 0.29) is 11.9 Å². The maximum Gasteiger partial charge on any atom is 0.224 e.